The summed E-state index contributed by atoms with van der Waals surface area (Å²) >= 11 is 0. The largest absolute Gasteiger partial charge is 0.497 e. The Morgan fingerprint density at radius 1 is 1.23 bits per heavy atom. The molecule has 10 heteroatoms. The second-order valence-electron chi connectivity index (χ2n) is 8.95. The zero-order valence-electron chi connectivity index (χ0n) is 21.7. The van der Waals surface area contributed by atoms with Crippen molar-refractivity contribution in [2.24, 2.45) is 0 Å². The van der Waals surface area contributed by atoms with Gasteiger partial charge < -0.3 is 30.1 Å². The molecule has 0 bridgehead atoms. The monoisotopic (exact) mass is 495 g/mol. The van der Waals surface area contributed by atoms with E-state index in [4.69, 9.17) is 19.4 Å². The van der Waals surface area contributed by atoms with E-state index in [0.717, 1.165) is 37.1 Å². The minimum Gasteiger partial charge on any atom is -0.497 e. The van der Waals surface area contributed by atoms with Crippen molar-refractivity contribution in [2.75, 3.05) is 20.2 Å². The van der Waals surface area contributed by atoms with Crippen LogP contribution in [0.5, 0.6) is 5.75 Å². The lowest BCUT2D eigenvalue weighted by atomic mass is 10.0. The third-order valence-corrected chi connectivity index (χ3v) is 4.92. The molecule has 0 saturated carbocycles. The number of amides is 3. The summed E-state index contributed by atoms with van der Waals surface area (Å²) in [5, 5.41) is 12.2. The number of methoxy groups -OCH3 is 1. The highest BCUT2D eigenvalue weighted by Gasteiger charge is 2.30. The van der Waals surface area contributed by atoms with Crippen LogP contribution < -0.4 is 15.4 Å². The maximum absolute atomic E-state index is 12.6. The van der Waals surface area contributed by atoms with Gasteiger partial charge in [0.2, 0.25) is 12.3 Å². The van der Waals surface area contributed by atoms with Gasteiger partial charge in [-0.2, -0.15) is 0 Å². The Kier molecular flexibility index (Phi) is 15.6. The number of benzene rings is 1. The van der Waals surface area contributed by atoms with Crippen LogP contribution in [-0.2, 0) is 25.5 Å². The first-order valence-corrected chi connectivity index (χ1v) is 11.7. The van der Waals surface area contributed by atoms with Crippen LogP contribution in [0.3, 0.4) is 0 Å². The van der Waals surface area contributed by atoms with E-state index in [-0.39, 0.29) is 24.5 Å². The van der Waals surface area contributed by atoms with E-state index in [0.29, 0.717) is 19.4 Å². The van der Waals surface area contributed by atoms with Gasteiger partial charge in [-0.3, -0.25) is 14.4 Å². The Labute approximate surface area is 208 Å². The third-order valence-electron chi connectivity index (χ3n) is 4.92. The molecule has 2 atom stereocenters. The average molecular weight is 496 g/mol. The first-order chi connectivity index (χ1) is 16.5. The van der Waals surface area contributed by atoms with Crippen molar-refractivity contribution in [2.45, 2.75) is 78.0 Å². The molecule has 1 heterocycles. The van der Waals surface area contributed by atoms with Crippen LogP contribution in [0.15, 0.2) is 24.3 Å². The summed E-state index contributed by atoms with van der Waals surface area (Å²) in [7, 11) is 1.62. The molecule has 0 spiro atoms. The highest BCUT2D eigenvalue weighted by molar-refractivity contribution is 5.84. The Bertz CT molecular complexity index is 763. The number of ether oxygens (including phenoxy) is 2. The van der Waals surface area contributed by atoms with E-state index >= 15 is 0 Å². The first-order valence-electron chi connectivity index (χ1n) is 11.7. The van der Waals surface area contributed by atoms with Crippen molar-refractivity contribution >= 4 is 24.9 Å². The molecule has 0 aliphatic carbocycles. The minimum absolute atomic E-state index is 0.00270. The van der Waals surface area contributed by atoms with Gasteiger partial charge in [0.1, 0.15) is 17.4 Å². The van der Waals surface area contributed by atoms with Crippen molar-refractivity contribution in [1.82, 2.24) is 15.5 Å². The summed E-state index contributed by atoms with van der Waals surface area (Å²) in [4.78, 5) is 44.5. The van der Waals surface area contributed by atoms with Crippen LogP contribution in [0.4, 0.5) is 4.79 Å². The molecule has 35 heavy (non-hydrogen) atoms. The van der Waals surface area contributed by atoms with Crippen LogP contribution in [-0.4, -0.2) is 72.8 Å². The van der Waals surface area contributed by atoms with Crippen LogP contribution in [0.1, 0.15) is 59.4 Å². The Morgan fingerprint density at radius 3 is 2.26 bits per heavy atom. The van der Waals surface area contributed by atoms with Crippen LogP contribution in [0.25, 0.3) is 0 Å². The van der Waals surface area contributed by atoms with Crippen LogP contribution in [0.2, 0.25) is 0 Å². The van der Waals surface area contributed by atoms with Crippen molar-refractivity contribution < 1.29 is 33.8 Å². The highest BCUT2D eigenvalue weighted by Crippen LogP contribution is 2.19. The van der Waals surface area contributed by atoms with E-state index in [2.05, 4.69) is 17.6 Å². The number of hydrogen-bond donors (Lipinski definition) is 3. The molecule has 10 nitrogen and oxygen atoms in total. The summed E-state index contributed by atoms with van der Waals surface area (Å²) in [5.41, 5.74) is 0.605. The number of carbonyl (C=O) groups is 4. The summed E-state index contributed by atoms with van der Waals surface area (Å²) in [6.45, 7) is 10.8. The van der Waals surface area contributed by atoms with Crippen molar-refractivity contribution in [3.63, 3.8) is 0 Å². The number of nitrogens with one attached hydrogen (secondary N) is 2. The fraction of sp³-hybridized carbons (Fsp3) is 0.600. The maximum Gasteiger partial charge on any atom is 0.407 e. The zero-order chi connectivity index (χ0) is 26.9. The molecular formula is C25H41N3O7. The molecule has 198 valence electrons. The number of alkyl carbamates (subject to hydrolysis) is 1. The summed E-state index contributed by atoms with van der Waals surface area (Å²) in [5.74, 6) is 0.779. The topological polar surface area (TPSA) is 134 Å². The van der Waals surface area contributed by atoms with Gasteiger partial charge in [0, 0.05) is 25.6 Å². The molecule has 3 N–H and O–H groups in total. The molecule has 1 saturated heterocycles. The lowest BCUT2D eigenvalue weighted by Gasteiger charge is -2.26. The van der Waals surface area contributed by atoms with Gasteiger partial charge in [0.05, 0.1) is 7.11 Å². The molecule has 0 radical (unpaired) electrons. The second-order valence-corrected chi connectivity index (χ2v) is 8.95. The maximum atomic E-state index is 12.6. The standard InChI is InChI=1S/C16H22N2O3.C8H17NO2.CH2O2/c1-12-4-3-9-18(12)16(20)15(17-11-19)10-13-5-7-14(21-2)8-6-13;1-5-6-9-7(10)11-8(2,3)4;2-1-3/h5-8,11-12,15H,3-4,9-10H2,1-2H3,(H,17,19);5-6H2,1-4H3,(H,9,10);1H,(H,2,3). The van der Waals surface area contributed by atoms with Gasteiger partial charge in [-0.25, -0.2) is 4.79 Å². The van der Waals surface area contributed by atoms with Gasteiger partial charge >= 0.3 is 6.09 Å². The van der Waals surface area contributed by atoms with E-state index < -0.39 is 11.6 Å². The minimum atomic E-state index is -0.503. The molecule has 1 aliphatic heterocycles. The molecule has 1 aliphatic rings. The number of hydrogen-bond acceptors (Lipinski definition) is 6. The highest BCUT2D eigenvalue weighted by atomic mass is 16.6. The summed E-state index contributed by atoms with van der Waals surface area (Å²) in [6.07, 6.45) is 3.75. The Morgan fingerprint density at radius 2 is 1.83 bits per heavy atom. The van der Waals surface area contributed by atoms with E-state index in [1.807, 2.05) is 56.9 Å². The number of carbonyl (C=O) groups excluding carboxylic acids is 3. The first kappa shape index (κ1) is 31.7. The van der Waals surface area contributed by atoms with Gasteiger partial charge in [-0.15, -0.1) is 0 Å². The van der Waals surface area contributed by atoms with Crippen LogP contribution >= 0.6 is 0 Å². The lowest BCUT2D eigenvalue weighted by Crippen LogP contribution is -2.48. The summed E-state index contributed by atoms with van der Waals surface area (Å²) in [6, 6.07) is 7.30. The normalized spacial score (nSPS) is 15.3. The predicted octanol–water partition coefficient (Wildman–Crippen LogP) is 2.99. The summed E-state index contributed by atoms with van der Waals surface area (Å²) < 4.78 is 10.1. The van der Waals surface area contributed by atoms with E-state index in [1.54, 1.807) is 7.11 Å². The number of nitrogens with zero attached hydrogens (tertiary/aromatic N) is 1. The molecule has 0 aromatic heterocycles. The fourth-order valence-corrected chi connectivity index (χ4v) is 3.30. The Balaban J connectivity index is 0.000000697. The number of likely N-dealkylation sites (tertiary alicyclic amines) is 1. The van der Waals surface area contributed by atoms with E-state index in [1.165, 1.54) is 0 Å². The SMILES string of the molecule is CCCNC(=O)OC(C)(C)C.COc1ccc(CC(NC=O)C(=O)N2CCCC2C)cc1.O=CO. The van der Waals surface area contributed by atoms with Crippen molar-refractivity contribution in [3.05, 3.63) is 29.8 Å². The average Bonchev–Trinajstić information content (AvgIpc) is 3.23. The second kappa shape index (κ2) is 17.2. The van der Waals surface area contributed by atoms with Crippen molar-refractivity contribution in [1.29, 1.82) is 0 Å². The molecule has 1 aromatic rings. The molecule has 3 amide bonds. The number of carboxylic acid groups (broad SMARTS) is 1. The van der Waals surface area contributed by atoms with Crippen LogP contribution in [0, 0.1) is 0 Å². The Hall–Kier alpha value is -3.30. The quantitative estimate of drug-likeness (QED) is 0.472. The zero-order valence-corrected chi connectivity index (χ0v) is 21.7. The van der Waals surface area contributed by atoms with E-state index in [9.17, 15) is 14.4 Å². The predicted molar refractivity (Wildman–Crippen MR) is 133 cm³/mol. The fourth-order valence-electron chi connectivity index (χ4n) is 3.30. The smallest absolute Gasteiger partial charge is 0.407 e. The van der Waals surface area contributed by atoms with Gasteiger partial charge in [0.25, 0.3) is 6.47 Å². The number of rotatable bonds is 8. The molecular weight excluding hydrogens is 454 g/mol. The lowest BCUT2D eigenvalue weighted by molar-refractivity contribution is -0.135. The van der Waals surface area contributed by atoms with Crippen molar-refractivity contribution in [3.8, 4) is 5.75 Å². The van der Waals surface area contributed by atoms with Gasteiger partial charge in [-0.1, -0.05) is 19.1 Å². The molecule has 1 aromatic carbocycles. The molecule has 1 fully saturated rings. The molecule has 2 unspecified atom stereocenters. The third kappa shape index (κ3) is 13.9. The molecule has 2 rings (SSSR count). The van der Waals surface area contributed by atoms with Gasteiger partial charge in [0.15, 0.2) is 0 Å². The van der Waals surface area contributed by atoms with Gasteiger partial charge in [-0.05, 0) is 64.7 Å².